The maximum Gasteiger partial charge on any atom is 0.414 e. The Morgan fingerprint density at radius 2 is 1.95 bits per heavy atom. The van der Waals surface area contributed by atoms with Gasteiger partial charge in [0.25, 0.3) is 0 Å². The van der Waals surface area contributed by atoms with Crippen LogP contribution in [0.15, 0.2) is 12.2 Å². The second kappa shape index (κ2) is 9.48. The number of piperidine rings is 1. The molecule has 5 rings (SSSR count). The number of nitrogens with one attached hydrogen (secondary N) is 1. The largest absolute Gasteiger partial charge is 0.445 e. The van der Waals surface area contributed by atoms with Crippen molar-refractivity contribution in [1.29, 1.82) is 0 Å². The molecule has 0 radical (unpaired) electrons. The molecule has 4 bridgehead atoms. The van der Waals surface area contributed by atoms with Gasteiger partial charge in [-0.05, 0) is 75.2 Å². The van der Waals surface area contributed by atoms with Crippen molar-refractivity contribution >= 4 is 17.8 Å². The van der Waals surface area contributed by atoms with Gasteiger partial charge in [-0.15, -0.1) is 0 Å². The highest BCUT2D eigenvalue weighted by Crippen LogP contribution is 2.68. The van der Waals surface area contributed by atoms with E-state index >= 15 is 0 Å². The molecule has 0 aromatic heterocycles. The number of hydrogen-bond acceptors (Lipinski definition) is 6. The Hall–Kier alpha value is -1.73. The number of amides is 2. The van der Waals surface area contributed by atoms with Gasteiger partial charge in [-0.2, -0.15) is 0 Å². The number of ketones is 1. The third-order valence-corrected chi connectivity index (χ3v) is 11.9. The van der Waals surface area contributed by atoms with Crippen molar-refractivity contribution in [3.63, 3.8) is 0 Å². The minimum atomic E-state index is -0.709. The van der Waals surface area contributed by atoms with Gasteiger partial charge in [0.1, 0.15) is 11.9 Å². The number of allylic oxidation sites excluding steroid dienone is 2. The molecule has 2 amide bonds. The van der Waals surface area contributed by atoms with E-state index in [1.54, 1.807) is 0 Å². The highest BCUT2D eigenvalue weighted by molar-refractivity contribution is 5.93. The van der Waals surface area contributed by atoms with Crippen molar-refractivity contribution in [3.05, 3.63) is 12.2 Å². The number of aliphatic hydroxyl groups excluding tert-OH is 1. The molecule has 37 heavy (non-hydrogen) atoms. The molecule has 3 saturated carbocycles. The summed E-state index contributed by atoms with van der Waals surface area (Å²) in [7, 11) is 0. The zero-order chi connectivity index (χ0) is 26.8. The van der Waals surface area contributed by atoms with Gasteiger partial charge in [-0.3, -0.25) is 14.9 Å². The molecule has 206 valence electrons. The smallest absolute Gasteiger partial charge is 0.414 e. The maximum absolute atomic E-state index is 13.6. The summed E-state index contributed by atoms with van der Waals surface area (Å²) in [5.41, 5.74) is -1.38. The summed E-state index contributed by atoms with van der Waals surface area (Å²) in [5.74, 6) is 0.0134. The van der Waals surface area contributed by atoms with Crippen molar-refractivity contribution < 1.29 is 24.2 Å². The Labute approximate surface area is 221 Å². The van der Waals surface area contributed by atoms with Crippen LogP contribution in [0.3, 0.4) is 0 Å². The van der Waals surface area contributed by atoms with E-state index in [0.29, 0.717) is 31.7 Å². The number of hydrogen-bond donors (Lipinski definition) is 2. The third-order valence-electron chi connectivity index (χ3n) is 11.9. The van der Waals surface area contributed by atoms with E-state index in [0.717, 1.165) is 38.8 Å². The topological polar surface area (TPSA) is 95.9 Å². The fourth-order valence-electron chi connectivity index (χ4n) is 9.38. The lowest BCUT2D eigenvalue weighted by Gasteiger charge is -2.62. The molecular weight excluding hydrogens is 468 g/mol. The fraction of sp³-hybridized carbons (Fsp3) is 0.833. The number of fused-ring (bicyclic) bond motifs is 2. The lowest BCUT2D eigenvalue weighted by Crippen LogP contribution is -2.63. The number of alkyl carbamates (subject to hydrolysis) is 1. The van der Waals surface area contributed by atoms with Crippen LogP contribution in [0.1, 0.15) is 79.6 Å². The molecular formula is C30H46N2O5. The monoisotopic (exact) mass is 514 g/mol. The van der Waals surface area contributed by atoms with Gasteiger partial charge in [0.05, 0.1) is 12.0 Å². The van der Waals surface area contributed by atoms with E-state index in [4.69, 9.17) is 4.74 Å². The van der Waals surface area contributed by atoms with Crippen LogP contribution < -0.4 is 5.32 Å². The molecule has 5 fully saturated rings. The molecule has 7 nitrogen and oxygen atoms in total. The summed E-state index contributed by atoms with van der Waals surface area (Å²) in [5, 5.41) is 14.4. The van der Waals surface area contributed by atoms with Crippen molar-refractivity contribution in [3.8, 4) is 0 Å². The fourth-order valence-corrected chi connectivity index (χ4v) is 9.38. The first-order valence-corrected chi connectivity index (χ1v) is 14.5. The SMILES string of the molecule is C/C=C/C[C@]1(C)C[C@@H](OC(=O)NC(=O)[C@H]2CN3CC[C@H]2C3)[C@@]2(C)C3C(=O)CCC3(CC[C@H]2C)[C@@H](C)[C@@H]1O. The number of carbonyl (C=O) groups is 3. The first-order valence-electron chi connectivity index (χ1n) is 14.5. The summed E-state index contributed by atoms with van der Waals surface area (Å²) < 4.78 is 6.24. The van der Waals surface area contributed by atoms with Crippen LogP contribution in [-0.4, -0.2) is 59.6 Å². The van der Waals surface area contributed by atoms with Gasteiger partial charge in [-0.25, -0.2) is 4.79 Å². The summed E-state index contributed by atoms with van der Waals surface area (Å²) in [6.07, 6.45) is 7.42. The Balaban J connectivity index is 1.47. The molecule has 11 atom stereocenters. The van der Waals surface area contributed by atoms with Crippen molar-refractivity contribution in [2.24, 2.45) is 45.8 Å². The van der Waals surface area contributed by atoms with Crippen molar-refractivity contribution in [2.75, 3.05) is 19.6 Å². The average Bonchev–Trinajstić information content (AvgIpc) is 3.59. The number of Topliss-reactive ketones (excluding diaryl/α,β-unsaturated/α-hetero) is 1. The van der Waals surface area contributed by atoms with Gasteiger partial charge in [0.2, 0.25) is 5.91 Å². The number of imide groups is 1. The van der Waals surface area contributed by atoms with Crippen LogP contribution in [-0.2, 0) is 14.3 Å². The van der Waals surface area contributed by atoms with Gasteiger partial charge < -0.3 is 14.7 Å². The minimum absolute atomic E-state index is 0.0322. The van der Waals surface area contributed by atoms with E-state index in [1.807, 2.05) is 13.0 Å². The van der Waals surface area contributed by atoms with E-state index in [1.165, 1.54) is 0 Å². The molecule has 2 heterocycles. The molecule has 2 aliphatic heterocycles. The summed E-state index contributed by atoms with van der Waals surface area (Å²) in [6.45, 7) is 13.2. The second-order valence-electron chi connectivity index (χ2n) is 13.6. The zero-order valence-electron chi connectivity index (χ0n) is 23.3. The first kappa shape index (κ1) is 26.9. The predicted octanol–water partition coefficient (Wildman–Crippen LogP) is 4.33. The van der Waals surface area contributed by atoms with Crippen LogP contribution in [0.25, 0.3) is 0 Å². The Bertz CT molecular complexity index is 981. The minimum Gasteiger partial charge on any atom is -0.445 e. The van der Waals surface area contributed by atoms with E-state index < -0.39 is 29.1 Å². The maximum atomic E-state index is 13.6. The van der Waals surface area contributed by atoms with Gasteiger partial charge in [0, 0.05) is 36.3 Å². The molecule has 7 heteroatoms. The lowest BCUT2D eigenvalue weighted by molar-refractivity contribution is -0.197. The van der Waals surface area contributed by atoms with Crippen LogP contribution in [0, 0.1) is 45.8 Å². The molecule has 2 N–H and O–H groups in total. The average molecular weight is 515 g/mol. The first-order chi connectivity index (χ1) is 17.5. The summed E-state index contributed by atoms with van der Waals surface area (Å²) >= 11 is 0. The zero-order valence-corrected chi connectivity index (χ0v) is 23.3. The molecule has 5 aliphatic rings. The predicted molar refractivity (Wildman–Crippen MR) is 140 cm³/mol. The van der Waals surface area contributed by atoms with Gasteiger partial charge in [-0.1, -0.05) is 39.8 Å². The molecule has 3 aliphatic carbocycles. The van der Waals surface area contributed by atoms with Crippen LogP contribution >= 0.6 is 0 Å². The normalized spacial score (nSPS) is 49.0. The summed E-state index contributed by atoms with van der Waals surface area (Å²) in [6, 6.07) is 0. The number of aliphatic hydroxyl groups is 1. The van der Waals surface area contributed by atoms with E-state index in [-0.39, 0.29) is 40.8 Å². The van der Waals surface area contributed by atoms with E-state index in [9.17, 15) is 19.5 Å². The van der Waals surface area contributed by atoms with Gasteiger partial charge in [0.15, 0.2) is 0 Å². The molecule has 0 spiro atoms. The second-order valence-corrected chi connectivity index (χ2v) is 13.6. The number of ether oxygens (including phenoxy) is 1. The number of carbonyl (C=O) groups excluding carboxylic acids is 3. The molecule has 0 aromatic rings. The third kappa shape index (κ3) is 4.10. The molecule has 0 aromatic carbocycles. The molecule has 3 unspecified atom stereocenters. The number of nitrogens with zero attached hydrogens (tertiary/aromatic N) is 1. The Kier molecular flexibility index (Phi) is 6.88. The highest BCUT2D eigenvalue weighted by Gasteiger charge is 2.68. The van der Waals surface area contributed by atoms with Gasteiger partial charge >= 0.3 is 6.09 Å². The summed E-state index contributed by atoms with van der Waals surface area (Å²) in [4.78, 5) is 42.2. The van der Waals surface area contributed by atoms with Crippen LogP contribution in [0.4, 0.5) is 4.79 Å². The van der Waals surface area contributed by atoms with Crippen molar-refractivity contribution in [1.82, 2.24) is 10.2 Å². The van der Waals surface area contributed by atoms with Crippen molar-refractivity contribution in [2.45, 2.75) is 91.8 Å². The Morgan fingerprint density at radius 3 is 2.59 bits per heavy atom. The number of rotatable bonds is 4. The van der Waals surface area contributed by atoms with Crippen LogP contribution in [0.5, 0.6) is 0 Å². The van der Waals surface area contributed by atoms with E-state index in [2.05, 4.69) is 44.0 Å². The standard InChI is InChI=1S/C30H46N2O5/c1-6-7-11-28(4)15-23(37-27(36)31-26(35)21-17-32-14-10-20(21)16-32)29(5)18(2)8-12-30(19(3)25(28)34)13-9-22(33)24(29)30/h6-7,18-21,23-25,34H,8-17H2,1-5H3,(H,31,35,36)/b7-6+/t18-,19+,20+,21+,23-,24?,25+,28-,29+,30?/m1/s1. The Morgan fingerprint density at radius 1 is 1.19 bits per heavy atom. The quantitative estimate of drug-likeness (QED) is 0.542. The van der Waals surface area contributed by atoms with Crippen LogP contribution in [0.2, 0.25) is 0 Å². The highest BCUT2D eigenvalue weighted by atomic mass is 16.6. The molecule has 2 saturated heterocycles. The lowest BCUT2D eigenvalue weighted by atomic mass is 9.43.